The highest BCUT2D eigenvalue weighted by molar-refractivity contribution is 6.31. The minimum atomic E-state index is -0.937. The molecule has 2 aromatic rings. The van der Waals surface area contributed by atoms with Gasteiger partial charge in [0.2, 0.25) is 5.91 Å². The number of hydrogen-bond donors (Lipinski definition) is 2. The van der Waals surface area contributed by atoms with E-state index >= 15 is 0 Å². The summed E-state index contributed by atoms with van der Waals surface area (Å²) in [5.74, 6) is -1.83. The number of carbonyl (C=O) groups is 2. The standard InChI is InChI=1S/C20H20ClNO3/c1-12(20(24)25)18(13-7-3-2-4-8-13)22-19(23)16-11-15(16)14-9-5-6-10-17(14)21/h2-10,12,15-16,18H,11H2,1H3,(H,22,23)(H,24,25). The molecule has 4 atom stereocenters. The second-order valence-electron chi connectivity index (χ2n) is 6.49. The van der Waals surface area contributed by atoms with Crippen LogP contribution in [0.15, 0.2) is 54.6 Å². The van der Waals surface area contributed by atoms with E-state index in [1.807, 2.05) is 54.6 Å². The molecule has 3 rings (SSSR count). The molecule has 0 saturated heterocycles. The number of carboxylic acids is 1. The zero-order valence-electron chi connectivity index (χ0n) is 13.9. The minimum Gasteiger partial charge on any atom is -0.481 e. The van der Waals surface area contributed by atoms with Crippen molar-refractivity contribution in [1.82, 2.24) is 5.32 Å². The van der Waals surface area contributed by atoms with Crippen LogP contribution in [0.1, 0.15) is 36.4 Å². The molecule has 0 radical (unpaired) electrons. The first kappa shape index (κ1) is 17.5. The van der Waals surface area contributed by atoms with E-state index in [0.29, 0.717) is 5.02 Å². The molecule has 25 heavy (non-hydrogen) atoms. The summed E-state index contributed by atoms with van der Waals surface area (Å²) < 4.78 is 0. The van der Waals surface area contributed by atoms with E-state index in [2.05, 4.69) is 5.32 Å². The summed E-state index contributed by atoms with van der Waals surface area (Å²) in [5, 5.41) is 13.0. The van der Waals surface area contributed by atoms with E-state index in [0.717, 1.165) is 17.5 Å². The van der Waals surface area contributed by atoms with Crippen LogP contribution in [0.25, 0.3) is 0 Å². The van der Waals surface area contributed by atoms with Crippen LogP contribution >= 0.6 is 11.6 Å². The van der Waals surface area contributed by atoms with Crippen LogP contribution in [0.3, 0.4) is 0 Å². The van der Waals surface area contributed by atoms with Gasteiger partial charge in [-0.2, -0.15) is 0 Å². The lowest BCUT2D eigenvalue weighted by molar-refractivity contribution is -0.142. The van der Waals surface area contributed by atoms with Crippen molar-refractivity contribution in [3.63, 3.8) is 0 Å². The molecular weight excluding hydrogens is 338 g/mol. The van der Waals surface area contributed by atoms with Gasteiger partial charge in [-0.05, 0) is 36.5 Å². The third-order valence-corrected chi connectivity index (χ3v) is 5.12. The fourth-order valence-corrected chi connectivity index (χ4v) is 3.44. The number of amides is 1. The Balaban J connectivity index is 1.74. The summed E-state index contributed by atoms with van der Waals surface area (Å²) in [6.07, 6.45) is 0.735. The molecule has 0 spiro atoms. The summed E-state index contributed by atoms with van der Waals surface area (Å²) in [5.41, 5.74) is 1.77. The SMILES string of the molecule is CC(C(=O)O)C(NC(=O)C1CC1c1ccccc1Cl)c1ccccc1. The van der Waals surface area contributed by atoms with E-state index in [1.165, 1.54) is 0 Å². The van der Waals surface area contributed by atoms with Gasteiger partial charge >= 0.3 is 5.97 Å². The highest BCUT2D eigenvalue weighted by Crippen LogP contribution is 2.49. The number of nitrogens with one attached hydrogen (secondary N) is 1. The molecule has 4 nitrogen and oxygen atoms in total. The normalized spacial score (nSPS) is 21.2. The van der Waals surface area contributed by atoms with Gasteiger partial charge < -0.3 is 10.4 Å². The van der Waals surface area contributed by atoms with E-state index in [9.17, 15) is 14.7 Å². The van der Waals surface area contributed by atoms with E-state index in [-0.39, 0.29) is 17.7 Å². The summed E-state index contributed by atoms with van der Waals surface area (Å²) in [7, 11) is 0. The molecule has 0 aromatic heterocycles. The lowest BCUT2D eigenvalue weighted by Gasteiger charge is -2.23. The number of halogens is 1. The van der Waals surface area contributed by atoms with Crippen LogP contribution in [0.4, 0.5) is 0 Å². The van der Waals surface area contributed by atoms with E-state index in [4.69, 9.17) is 11.6 Å². The monoisotopic (exact) mass is 357 g/mol. The Bertz CT molecular complexity index is 778. The predicted molar refractivity (Wildman–Crippen MR) is 96.4 cm³/mol. The summed E-state index contributed by atoms with van der Waals surface area (Å²) in [6.45, 7) is 1.61. The summed E-state index contributed by atoms with van der Waals surface area (Å²) >= 11 is 6.21. The van der Waals surface area contributed by atoms with Gasteiger partial charge in [-0.3, -0.25) is 9.59 Å². The van der Waals surface area contributed by atoms with Crippen molar-refractivity contribution in [3.05, 3.63) is 70.7 Å². The fraction of sp³-hybridized carbons (Fsp3) is 0.300. The maximum absolute atomic E-state index is 12.7. The lowest BCUT2D eigenvalue weighted by Crippen LogP contribution is -2.36. The zero-order valence-corrected chi connectivity index (χ0v) is 14.6. The zero-order chi connectivity index (χ0) is 18.0. The Morgan fingerprint density at radius 1 is 1.12 bits per heavy atom. The third-order valence-electron chi connectivity index (χ3n) is 4.78. The molecule has 1 amide bonds. The number of carbonyl (C=O) groups excluding carboxylic acids is 1. The van der Waals surface area contributed by atoms with Crippen molar-refractivity contribution in [1.29, 1.82) is 0 Å². The summed E-state index contributed by atoms with van der Waals surface area (Å²) in [6, 6.07) is 16.2. The third kappa shape index (κ3) is 3.85. The van der Waals surface area contributed by atoms with Crippen molar-refractivity contribution in [2.24, 2.45) is 11.8 Å². The summed E-state index contributed by atoms with van der Waals surface area (Å²) in [4.78, 5) is 24.1. The van der Waals surface area contributed by atoms with Gasteiger partial charge in [0.25, 0.3) is 0 Å². The van der Waals surface area contributed by atoms with Gasteiger partial charge in [0, 0.05) is 10.9 Å². The second-order valence-corrected chi connectivity index (χ2v) is 6.90. The van der Waals surface area contributed by atoms with Crippen molar-refractivity contribution < 1.29 is 14.7 Å². The lowest BCUT2D eigenvalue weighted by atomic mass is 9.94. The molecule has 2 aromatic carbocycles. The number of rotatable bonds is 6. The predicted octanol–water partition coefficient (Wildman–Crippen LogP) is 4.02. The molecular formula is C20H20ClNO3. The van der Waals surface area contributed by atoms with Crippen molar-refractivity contribution in [2.45, 2.75) is 25.3 Å². The fourth-order valence-electron chi connectivity index (χ4n) is 3.16. The molecule has 2 N–H and O–H groups in total. The highest BCUT2D eigenvalue weighted by atomic mass is 35.5. The van der Waals surface area contributed by atoms with Gasteiger partial charge in [0.15, 0.2) is 0 Å². The van der Waals surface area contributed by atoms with Gasteiger partial charge in [-0.25, -0.2) is 0 Å². The Hall–Kier alpha value is -2.33. The molecule has 4 unspecified atom stereocenters. The Morgan fingerprint density at radius 2 is 1.76 bits per heavy atom. The molecule has 1 fully saturated rings. The number of hydrogen-bond acceptors (Lipinski definition) is 2. The molecule has 0 bridgehead atoms. The van der Waals surface area contributed by atoms with Crippen LogP contribution in [0, 0.1) is 11.8 Å². The Kier molecular flexibility index (Phi) is 5.09. The molecule has 1 aliphatic rings. The average Bonchev–Trinajstić information content (AvgIpc) is 3.40. The Morgan fingerprint density at radius 3 is 2.40 bits per heavy atom. The van der Waals surface area contributed by atoms with Crippen LogP contribution in [-0.4, -0.2) is 17.0 Å². The maximum atomic E-state index is 12.7. The largest absolute Gasteiger partial charge is 0.481 e. The van der Waals surface area contributed by atoms with Crippen molar-refractivity contribution in [3.8, 4) is 0 Å². The second kappa shape index (κ2) is 7.28. The topological polar surface area (TPSA) is 66.4 Å². The molecule has 5 heteroatoms. The number of benzene rings is 2. The van der Waals surface area contributed by atoms with Crippen LogP contribution in [0.5, 0.6) is 0 Å². The highest BCUT2D eigenvalue weighted by Gasteiger charge is 2.45. The van der Waals surface area contributed by atoms with Crippen molar-refractivity contribution in [2.75, 3.05) is 0 Å². The van der Waals surface area contributed by atoms with Gasteiger partial charge in [0.1, 0.15) is 0 Å². The first-order chi connectivity index (χ1) is 12.0. The first-order valence-corrected chi connectivity index (χ1v) is 8.69. The Labute approximate surface area is 151 Å². The maximum Gasteiger partial charge on any atom is 0.308 e. The smallest absolute Gasteiger partial charge is 0.308 e. The molecule has 1 aliphatic carbocycles. The van der Waals surface area contributed by atoms with Crippen molar-refractivity contribution >= 4 is 23.5 Å². The molecule has 0 aliphatic heterocycles. The van der Waals surface area contributed by atoms with Crippen LogP contribution in [-0.2, 0) is 9.59 Å². The average molecular weight is 358 g/mol. The van der Waals surface area contributed by atoms with E-state index < -0.39 is 17.9 Å². The van der Waals surface area contributed by atoms with Gasteiger partial charge in [-0.15, -0.1) is 0 Å². The first-order valence-electron chi connectivity index (χ1n) is 8.31. The van der Waals surface area contributed by atoms with Gasteiger partial charge in [-0.1, -0.05) is 60.1 Å². The number of carboxylic acid groups (broad SMARTS) is 1. The molecule has 0 heterocycles. The van der Waals surface area contributed by atoms with Crippen LogP contribution in [0.2, 0.25) is 5.02 Å². The van der Waals surface area contributed by atoms with Crippen LogP contribution < -0.4 is 5.32 Å². The minimum absolute atomic E-state index is 0.102. The quantitative estimate of drug-likeness (QED) is 0.820. The molecule has 130 valence electrons. The van der Waals surface area contributed by atoms with E-state index in [1.54, 1.807) is 6.92 Å². The van der Waals surface area contributed by atoms with Gasteiger partial charge in [0.05, 0.1) is 12.0 Å². The molecule has 1 saturated carbocycles. The number of aliphatic carboxylic acids is 1.